The van der Waals surface area contributed by atoms with Gasteiger partial charge in [-0.15, -0.1) is 24.0 Å². The zero-order valence-electron chi connectivity index (χ0n) is 17.1. The van der Waals surface area contributed by atoms with Crippen LogP contribution in [0.25, 0.3) is 10.8 Å². The van der Waals surface area contributed by atoms with E-state index in [4.69, 9.17) is 4.52 Å². The summed E-state index contributed by atoms with van der Waals surface area (Å²) in [6.45, 7) is 9.01. The van der Waals surface area contributed by atoms with E-state index in [0.717, 1.165) is 24.0 Å². The monoisotopic (exact) mass is 492 g/mol. The van der Waals surface area contributed by atoms with Crippen LogP contribution in [-0.4, -0.2) is 24.7 Å². The van der Waals surface area contributed by atoms with Gasteiger partial charge in [0, 0.05) is 25.1 Å². The molecule has 0 aliphatic carbocycles. The van der Waals surface area contributed by atoms with Crippen LogP contribution in [0.4, 0.5) is 0 Å². The van der Waals surface area contributed by atoms with Crippen LogP contribution in [0.3, 0.4) is 0 Å². The van der Waals surface area contributed by atoms with Crippen LogP contribution in [0.2, 0.25) is 0 Å². The lowest BCUT2D eigenvalue weighted by Crippen LogP contribution is -2.40. The lowest BCUT2D eigenvalue weighted by Gasteiger charge is -2.20. The molecule has 150 valence electrons. The fourth-order valence-electron chi connectivity index (χ4n) is 3.51. The molecule has 1 heterocycles. The second-order valence-electron chi connectivity index (χ2n) is 7.06. The highest BCUT2D eigenvalue weighted by Gasteiger charge is 2.17. The Morgan fingerprint density at radius 3 is 2.46 bits per heavy atom. The average Bonchev–Trinajstić information content (AvgIpc) is 3.02. The molecule has 0 aliphatic heterocycles. The number of halogens is 1. The van der Waals surface area contributed by atoms with Gasteiger partial charge in [-0.3, -0.25) is 4.99 Å². The molecule has 6 heteroatoms. The van der Waals surface area contributed by atoms with Crippen molar-refractivity contribution in [1.29, 1.82) is 0 Å². The maximum atomic E-state index is 5.28. The molecular formula is C22H29IN4O. The average molecular weight is 492 g/mol. The van der Waals surface area contributed by atoms with Gasteiger partial charge in [0.05, 0.1) is 11.7 Å². The number of fused-ring (bicyclic) bond motifs is 1. The minimum Gasteiger partial charge on any atom is -0.361 e. The Labute approximate surface area is 184 Å². The maximum absolute atomic E-state index is 5.28. The van der Waals surface area contributed by atoms with Gasteiger partial charge >= 0.3 is 0 Å². The molecule has 1 aromatic heterocycles. The van der Waals surface area contributed by atoms with E-state index in [1.807, 2.05) is 13.8 Å². The summed E-state index contributed by atoms with van der Waals surface area (Å²) in [6.07, 6.45) is 0. The van der Waals surface area contributed by atoms with Crippen LogP contribution in [0.1, 0.15) is 48.4 Å². The molecule has 0 aliphatic rings. The van der Waals surface area contributed by atoms with Gasteiger partial charge in [0.15, 0.2) is 5.96 Å². The van der Waals surface area contributed by atoms with Crippen molar-refractivity contribution in [3.8, 4) is 0 Å². The van der Waals surface area contributed by atoms with Gasteiger partial charge < -0.3 is 15.2 Å². The van der Waals surface area contributed by atoms with Crippen LogP contribution >= 0.6 is 24.0 Å². The Bertz CT molecular complexity index is 931. The fourth-order valence-corrected chi connectivity index (χ4v) is 3.51. The summed E-state index contributed by atoms with van der Waals surface area (Å²) in [4.78, 5) is 4.37. The molecule has 2 unspecified atom stereocenters. The van der Waals surface area contributed by atoms with Crippen molar-refractivity contribution >= 4 is 40.7 Å². The van der Waals surface area contributed by atoms with Crippen molar-refractivity contribution in [2.24, 2.45) is 4.99 Å². The van der Waals surface area contributed by atoms with E-state index in [2.05, 4.69) is 77.1 Å². The number of guanidine groups is 1. The lowest BCUT2D eigenvalue weighted by atomic mass is 9.99. The van der Waals surface area contributed by atoms with Gasteiger partial charge in [0.1, 0.15) is 5.76 Å². The molecule has 5 nitrogen and oxygen atoms in total. The predicted molar refractivity (Wildman–Crippen MR) is 127 cm³/mol. The second-order valence-corrected chi connectivity index (χ2v) is 7.06. The number of hydrogen-bond donors (Lipinski definition) is 2. The smallest absolute Gasteiger partial charge is 0.191 e. The molecule has 0 fully saturated rings. The van der Waals surface area contributed by atoms with Gasteiger partial charge in [-0.2, -0.15) is 0 Å². The molecule has 2 N–H and O–H groups in total. The van der Waals surface area contributed by atoms with Crippen molar-refractivity contribution in [2.45, 2.75) is 39.7 Å². The third-order valence-electron chi connectivity index (χ3n) is 5.01. The largest absolute Gasteiger partial charge is 0.361 e. The standard InChI is InChI=1S/C22H28N4O.HI/c1-14(21-16(3)26-27-17(21)4)13-24-22(23-5)25-15(2)19-11-10-18-8-6-7-9-20(18)12-19;/h6-12,14-15H,13H2,1-5H3,(H2,23,24,25);1H. The normalized spacial score (nSPS) is 13.7. The number of rotatable bonds is 5. The first-order valence-electron chi connectivity index (χ1n) is 9.38. The van der Waals surface area contributed by atoms with E-state index in [-0.39, 0.29) is 35.9 Å². The molecule has 0 saturated heterocycles. The van der Waals surface area contributed by atoms with E-state index in [9.17, 15) is 0 Å². The van der Waals surface area contributed by atoms with E-state index in [1.54, 1.807) is 7.05 Å². The first-order valence-corrected chi connectivity index (χ1v) is 9.38. The van der Waals surface area contributed by atoms with Crippen LogP contribution in [-0.2, 0) is 0 Å². The lowest BCUT2D eigenvalue weighted by molar-refractivity contribution is 0.391. The van der Waals surface area contributed by atoms with Crippen molar-refractivity contribution in [2.75, 3.05) is 13.6 Å². The Balaban J connectivity index is 0.00000280. The molecule has 0 bridgehead atoms. The number of aromatic nitrogens is 1. The van der Waals surface area contributed by atoms with E-state index in [0.29, 0.717) is 0 Å². The summed E-state index contributed by atoms with van der Waals surface area (Å²) in [5.41, 5.74) is 3.35. The maximum Gasteiger partial charge on any atom is 0.191 e. The molecule has 0 amide bonds. The molecular weight excluding hydrogens is 463 g/mol. The van der Waals surface area contributed by atoms with Crippen LogP contribution in [0.15, 0.2) is 52.0 Å². The van der Waals surface area contributed by atoms with E-state index < -0.39 is 0 Å². The molecule has 0 saturated carbocycles. The summed E-state index contributed by atoms with van der Waals surface area (Å²) in [5.74, 6) is 1.95. The Kier molecular flexibility index (Phi) is 7.86. The number of aryl methyl sites for hydroxylation is 2. The number of aliphatic imine (C=N–C) groups is 1. The molecule has 2 aromatic carbocycles. The van der Waals surface area contributed by atoms with Crippen LogP contribution in [0, 0.1) is 13.8 Å². The fraction of sp³-hybridized carbons (Fsp3) is 0.364. The number of nitrogens with one attached hydrogen (secondary N) is 2. The van der Waals surface area contributed by atoms with Gasteiger partial charge in [-0.25, -0.2) is 0 Å². The molecule has 0 radical (unpaired) electrons. The van der Waals surface area contributed by atoms with Crippen molar-refractivity contribution in [1.82, 2.24) is 15.8 Å². The van der Waals surface area contributed by atoms with Crippen LogP contribution < -0.4 is 10.6 Å². The molecule has 0 spiro atoms. The SMILES string of the molecule is CN=C(NCC(C)c1c(C)noc1C)NC(C)c1ccc2ccccc2c1.I. The Morgan fingerprint density at radius 1 is 1.11 bits per heavy atom. The summed E-state index contributed by atoms with van der Waals surface area (Å²) in [7, 11) is 1.79. The van der Waals surface area contributed by atoms with Gasteiger partial charge in [0.2, 0.25) is 0 Å². The molecule has 3 aromatic rings. The number of benzene rings is 2. The van der Waals surface area contributed by atoms with Crippen molar-refractivity contribution in [3.63, 3.8) is 0 Å². The summed E-state index contributed by atoms with van der Waals surface area (Å²) in [6, 6.07) is 15.1. The van der Waals surface area contributed by atoms with Gasteiger partial charge in [0.25, 0.3) is 0 Å². The summed E-state index contributed by atoms with van der Waals surface area (Å²) in [5, 5.41) is 13.4. The second kappa shape index (κ2) is 9.91. The highest BCUT2D eigenvalue weighted by Crippen LogP contribution is 2.23. The zero-order valence-corrected chi connectivity index (χ0v) is 19.4. The third kappa shape index (κ3) is 5.04. The first kappa shape index (κ1) is 22.2. The van der Waals surface area contributed by atoms with Gasteiger partial charge in [-0.05, 0) is 43.2 Å². The molecule has 3 rings (SSSR count). The quantitative estimate of drug-likeness (QED) is 0.296. The predicted octanol–water partition coefficient (Wildman–Crippen LogP) is 5.09. The minimum atomic E-state index is 0. The molecule has 2 atom stereocenters. The number of nitrogens with zero attached hydrogens (tertiary/aromatic N) is 2. The van der Waals surface area contributed by atoms with Crippen molar-refractivity contribution in [3.05, 3.63) is 65.0 Å². The van der Waals surface area contributed by atoms with E-state index in [1.165, 1.54) is 21.9 Å². The third-order valence-corrected chi connectivity index (χ3v) is 5.01. The highest BCUT2D eigenvalue weighted by molar-refractivity contribution is 14.0. The van der Waals surface area contributed by atoms with Crippen LogP contribution in [0.5, 0.6) is 0 Å². The minimum absolute atomic E-state index is 0. The van der Waals surface area contributed by atoms with E-state index >= 15 is 0 Å². The van der Waals surface area contributed by atoms with Gasteiger partial charge in [-0.1, -0.05) is 48.5 Å². The Morgan fingerprint density at radius 2 is 1.82 bits per heavy atom. The summed E-state index contributed by atoms with van der Waals surface area (Å²) < 4.78 is 5.28. The zero-order chi connectivity index (χ0) is 19.4. The summed E-state index contributed by atoms with van der Waals surface area (Å²) >= 11 is 0. The van der Waals surface area contributed by atoms with Crippen molar-refractivity contribution < 1.29 is 4.52 Å². The highest BCUT2D eigenvalue weighted by atomic mass is 127. The first-order chi connectivity index (χ1) is 13.0. The Hall–Kier alpha value is -2.09. The molecule has 28 heavy (non-hydrogen) atoms. The number of hydrogen-bond acceptors (Lipinski definition) is 3. The topological polar surface area (TPSA) is 62.5 Å².